The molecule has 2 aromatic heterocycles. The van der Waals surface area contributed by atoms with Gasteiger partial charge in [0, 0.05) is 24.7 Å². The van der Waals surface area contributed by atoms with Crippen molar-refractivity contribution in [3.8, 4) is 5.75 Å². The number of carbonyl (C=O) groups is 1. The number of pyridine rings is 1. The smallest absolute Gasteiger partial charge is 0.258 e. The van der Waals surface area contributed by atoms with E-state index in [0.717, 1.165) is 37.0 Å². The van der Waals surface area contributed by atoms with E-state index in [2.05, 4.69) is 21.0 Å². The Morgan fingerprint density at radius 1 is 1.07 bits per heavy atom. The lowest BCUT2D eigenvalue weighted by atomic mass is 9.75. The number of nitrogens with zero attached hydrogens (tertiary/aromatic N) is 4. The molecule has 0 saturated carbocycles. The molecule has 4 saturated heterocycles. The molecule has 0 radical (unpaired) electrons. The molecule has 29 heavy (non-hydrogen) atoms. The van der Waals surface area contributed by atoms with Gasteiger partial charge in [-0.15, -0.1) is 0 Å². The predicted octanol–water partition coefficient (Wildman–Crippen LogP) is 2.74. The number of fused-ring (bicyclic) bond motifs is 3. The molecule has 1 N–H and O–H groups in total. The summed E-state index contributed by atoms with van der Waals surface area (Å²) in [6.07, 6.45) is 5.90. The van der Waals surface area contributed by atoms with Gasteiger partial charge in [0.25, 0.3) is 5.91 Å². The minimum atomic E-state index is 0.0811. The number of aromatic nitrogens is 2. The number of phenols is 1. The third-order valence-corrected chi connectivity index (χ3v) is 7.21. The highest BCUT2D eigenvalue weighted by molar-refractivity contribution is 6.01. The van der Waals surface area contributed by atoms with E-state index < -0.39 is 0 Å². The predicted molar refractivity (Wildman–Crippen MR) is 109 cm³/mol. The fraction of sp³-hybridized carbons (Fsp3) is 0.391. The lowest BCUT2D eigenvalue weighted by Crippen LogP contribution is -2.60. The number of carbonyl (C=O) groups excluding carboxylic acids is 1. The van der Waals surface area contributed by atoms with E-state index in [-0.39, 0.29) is 17.9 Å². The Morgan fingerprint density at radius 3 is 2.76 bits per heavy atom. The van der Waals surface area contributed by atoms with E-state index in [4.69, 9.17) is 0 Å². The molecular weight excluding hydrogens is 364 g/mol. The zero-order valence-electron chi connectivity index (χ0n) is 16.2. The van der Waals surface area contributed by atoms with E-state index in [9.17, 15) is 9.90 Å². The standard InChI is InChI=1S/C23H24N4O2/c28-17-5-3-4-16(12-17)19-14-26(21-15-7-10-25(11-8-15)22(19)21)23(29)18-13-24-27-9-2-1-6-20(18)27/h1-6,9,12-13,15,19,21-22,28H,7-8,10-11,14H2/t19-,21+,22+/m0/s1. The van der Waals surface area contributed by atoms with Crippen LogP contribution in [0.3, 0.4) is 0 Å². The Bertz CT molecular complexity index is 1090. The van der Waals surface area contributed by atoms with Crippen LogP contribution in [0.25, 0.3) is 5.52 Å². The van der Waals surface area contributed by atoms with Crippen molar-refractivity contribution in [2.75, 3.05) is 19.6 Å². The van der Waals surface area contributed by atoms with Gasteiger partial charge in [-0.05, 0) is 61.7 Å². The molecule has 7 rings (SSSR count). The first-order valence-electron chi connectivity index (χ1n) is 10.5. The first-order chi connectivity index (χ1) is 14.2. The van der Waals surface area contributed by atoms with E-state index >= 15 is 0 Å². The van der Waals surface area contributed by atoms with Gasteiger partial charge in [0.2, 0.25) is 0 Å². The maximum Gasteiger partial charge on any atom is 0.258 e. The number of phenolic OH excluding ortho intramolecular Hbond substituents is 1. The third kappa shape index (κ3) is 2.52. The number of aromatic hydroxyl groups is 1. The molecule has 6 nitrogen and oxygen atoms in total. The summed E-state index contributed by atoms with van der Waals surface area (Å²) in [6.45, 7) is 2.91. The van der Waals surface area contributed by atoms with Crippen LogP contribution in [0.4, 0.5) is 0 Å². The molecule has 2 bridgehead atoms. The second-order valence-corrected chi connectivity index (χ2v) is 8.60. The number of amides is 1. The van der Waals surface area contributed by atoms with Crippen LogP contribution in [0, 0.1) is 5.92 Å². The van der Waals surface area contributed by atoms with Crippen molar-refractivity contribution in [1.82, 2.24) is 19.4 Å². The van der Waals surface area contributed by atoms with Crippen molar-refractivity contribution >= 4 is 11.4 Å². The van der Waals surface area contributed by atoms with Gasteiger partial charge >= 0.3 is 0 Å². The summed E-state index contributed by atoms with van der Waals surface area (Å²) in [6, 6.07) is 14.0. The van der Waals surface area contributed by atoms with Crippen LogP contribution in [-0.4, -0.2) is 62.1 Å². The number of piperidine rings is 3. The van der Waals surface area contributed by atoms with Crippen molar-refractivity contribution in [3.05, 3.63) is 66.0 Å². The van der Waals surface area contributed by atoms with Gasteiger partial charge in [-0.2, -0.15) is 5.10 Å². The number of benzene rings is 1. The zero-order valence-corrected chi connectivity index (χ0v) is 16.2. The van der Waals surface area contributed by atoms with Crippen LogP contribution in [0.5, 0.6) is 5.75 Å². The van der Waals surface area contributed by atoms with Gasteiger partial charge in [-0.3, -0.25) is 9.69 Å². The molecule has 3 atom stereocenters. The van der Waals surface area contributed by atoms with Crippen LogP contribution in [0.2, 0.25) is 0 Å². The van der Waals surface area contributed by atoms with Crippen molar-refractivity contribution in [2.24, 2.45) is 5.92 Å². The molecule has 0 spiro atoms. The normalized spacial score (nSPS) is 30.6. The summed E-state index contributed by atoms with van der Waals surface area (Å²) in [5.41, 5.74) is 2.66. The minimum absolute atomic E-state index is 0.0811. The summed E-state index contributed by atoms with van der Waals surface area (Å²) in [4.78, 5) is 18.4. The van der Waals surface area contributed by atoms with Crippen molar-refractivity contribution in [1.29, 1.82) is 0 Å². The molecule has 4 fully saturated rings. The summed E-state index contributed by atoms with van der Waals surface area (Å²) in [7, 11) is 0. The van der Waals surface area contributed by atoms with E-state index in [1.54, 1.807) is 16.8 Å². The summed E-state index contributed by atoms with van der Waals surface area (Å²) in [5, 5.41) is 14.4. The van der Waals surface area contributed by atoms with Crippen LogP contribution in [0.15, 0.2) is 54.9 Å². The van der Waals surface area contributed by atoms with Crippen molar-refractivity contribution in [2.45, 2.75) is 30.8 Å². The Kier molecular flexibility index (Phi) is 3.71. The molecule has 0 aliphatic carbocycles. The monoisotopic (exact) mass is 388 g/mol. The first-order valence-corrected chi connectivity index (χ1v) is 10.5. The minimum Gasteiger partial charge on any atom is -0.508 e. The van der Waals surface area contributed by atoms with Crippen LogP contribution >= 0.6 is 0 Å². The molecule has 4 aliphatic heterocycles. The average Bonchev–Trinajstić information content (AvgIpc) is 3.38. The van der Waals surface area contributed by atoms with Gasteiger partial charge in [0.05, 0.1) is 23.3 Å². The molecule has 4 aliphatic rings. The fourth-order valence-electron chi connectivity index (χ4n) is 5.96. The van der Waals surface area contributed by atoms with E-state index in [0.29, 0.717) is 29.8 Å². The quantitative estimate of drug-likeness (QED) is 0.733. The second-order valence-electron chi connectivity index (χ2n) is 8.60. The lowest BCUT2D eigenvalue weighted by Gasteiger charge is -2.51. The molecule has 148 valence electrons. The summed E-state index contributed by atoms with van der Waals surface area (Å²) in [5.74, 6) is 1.15. The summed E-state index contributed by atoms with van der Waals surface area (Å²) >= 11 is 0. The number of rotatable bonds is 2. The molecule has 1 aromatic carbocycles. The maximum atomic E-state index is 13.7. The van der Waals surface area contributed by atoms with Crippen molar-refractivity contribution in [3.63, 3.8) is 0 Å². The Balaban J connectivity index is 1.42. The molecule has 6 heteroatoms. The molecular formula is C23H24N4O2. The number of hydrogen-bond acceptors (Lipinski definition) is 4. The maximum absolute atomic E-state index is 13.7. The van der Waals surface area contributed by atoms with Crippen LogP contribution in [0.1, 0.15) is 34.7 Å². The highest BCUT2D eigenvalue weighted by Crippen LogP contribution is 2.47. The summed E-state index contributed by atoms with van der Waals surface area (Å²) < 4.78 is 1.77. The van der Waals surface area contributed by atoms with Gasteiger partial charge in [0.15, 0.2) is 0 Å². The Morgan fingerprint density at radius 2 is 1.93 bits per heavy atom. The van der Waals surface area contributed by atoms with Crippen LogP contribution < -0.4 is 0 Å². The van der Waals surface area contributed by atoms with Gasteiger partial charge in [-0.25, -0.2) is 4.52 Å². The van der Waals surface area contributed by atoms with Gasteiger partial charge in [-0.1, -0.05) is 18.2 Å². The largest absolute Gasteiger partial charge is 0.508 e. The topological polar surface area (TPSA) is 61.1 Å². The van der Waals surface area contributed by atoms with E-state index in [1.165, 1.54) is 0 Å². The Hall–Kier alpha value is -2.86. The van der Waals surface area contributed by atoms with Gasteiger partial charge < -0.3 is 10.0 Å². The third-order valence-electron chi connectivity index (χ3n) is 7.21. The number of hydrogen-bond donors (Lipinski definition) is 1. The Labute approximate surface area is 169 Å². The molecule has 1 amide bonds. The average molecular weight is 388 g/mol. The van der Waals surface area contributed by atoms with E-state index in [1.807, 2.05) is 36.5 Å². The van der Waals surface area contributed by atoms with Gasteiger partial charge in [0.1, 0.15) is 5.75 Å². The molecule has 3 aromatic rings. The first kappa shape index (κ1) is 17.0. The highest BCUT2D eigenvalue weighted by atomic mass is 16.3. The highest BCUT2D eigenvalue weighted by Gasteiger charge is 2.54. The molecule has 0 unspecified atom stereocenters. The second kappa shape index (κ2) is 6.32. The fourth-order valence-corrected chi connectivity index (χ4v) is 5.96. The van der Waals surface area contributed by atoms with Crippen LogP contribution in [-0.2, 0) is 0 Å². The lowest BCUT2D eigenvalue weighted by molar-refractivity contribution is -0.00335. The van der Waals surface area contributed by atoms with Crippen molar-refractivity contribution < 1.29 is 9.90 Å². The zero-order chi connectivity index (χ0) is 19.5. The number of likely N-dealkylation sites (tertiary alicyclic amines) is 1. The molecule has 6 heterocycles. The SMILES string of the molecule is O=C(c1cnn2ccccc12)N1C[C@@H](c2cccc(O)c2)[C@@H]2[C@H]1C1CCN2CC1.